The molecule has 0 aromatic carbocycles. The van der Waals surface area contributed by atoms with Gasteiger partial charge in [0.1, 0.15) is 0 Å². The molecule has 2 N–H and O–H groups in total. The zero-order chi connectivity index (χ0) is 18.0. The van der Waals surface area contributed by atoms with Gasteiger partial charge in [-0.15, -0.1) is 0 Å². The molecule has 140 valence electrons. The smallest absolute Gasteiger partial charge is 0.319 e. The molecule has 2 heterocycles. The Bertz CT molecular complexity index is 618. The largest absolute Gasteiger partial charge is 0.379 e. The van der Waals surface area contributed by atoms with Crippen LogP contribution in [0.15, 0.2) is 24.5 Å². The van der Waals surface area contributed by atoms with E-state index in [9.17, 15) is 13.2 Å². The first kappa shape index (κ1) is 19.6. The van der Waals surface area contributed by atoms with Crippen molar-refractivity contribution in [2.45, 2.75) is 25.7 Å². The summed E-state index contributed by atoms with van der Waals surface area (Å²) in [6, 6.07) is 3.18. The minimum Gasteiger partial charge on any atom is -0.379 e. The van der Waals surface area contributed by atoms with E-state index in [1.807, 2.05) is 0 Å². The second-order valence-corrected chi connectivity index (χ2v) is 7.95. The molecule has 25 heavy (non-hydrogen) atoms. The average Bonchev–Trinajstić information content (AvgIpc) is 2.62. The summed E-state index contributed by atoms with van der Waals surface area (Å²) in [5.41, 5.74) is 0.695. The number of anilines is 1. The lowest BCUT2D eigenvalue weighted by Crippen LogP contribution is -2.41. The number of sulfonamides is 1. The second kappa shape index (κ2) is 10.3. The molecule has 1 saturated heterocycles. The molecule has 1 aromatic heterocycles. The average molecular weight is 370 g/mol. The van der Waals surface area contributed by atoms with Gasteiger partial charge in [-0.2, -0.15) is 4.31 Å². The number of unbranched alkanes of at least 4 members (excludes halogenated alkanes) is 3. The molecule has 2 rings (SSSR count). The van der Waals surface area contributed by atoms with Crippen LogP contribution in [-0.4, -0.2) is 62.3 Å². The number of rotatable bonds is 9. The number of morpholine rings is 1. The lowest BCUT2D eigenvalue weighted by atomic mass is 10.2. The highest BCUT2D eigenvalue weighted by atomic mass is 32.2. The highest BCUT2D eigenvalue weighted by molar-refractivity contribution is 7.89. The summed E-state index contributed by atoms with van der Waals surface area (Å²) < 4.78 is 31.0. The maximum absolute atomic E-state index is 12.1. The molecule has 0 atom stereocenters. The SMILES string of the molecule is O=C(NCCCCCCS(=O)(=O)N1CCOCC1)Nc1ccncc1. The minimum atomic E-state index is -3.16. The molecule has 0 aliphatic carbocycles. The van der Waals surface area contributed by atoms with Gasteiger partial charge in [-0.1, -0.05) is 12.8 Å². The van der Waals surface area contributed by atoms with Crippen LogP contribution in [-0.2, 0) is 14.8 Å². The van der Waals surface area contributed by atoms with Crippen molar-refractivity contribution in [1.82, 2.24) is 14.6 Å². The van der Waals surface area contributed by atoms with E-state index in [4.69, 9.17) is 4.74 Å². The first-order chi connectivity index (χ1) is 12.1. The van der Waals surface area contributed by atoms with Crippen molar-refractivity contribution in [1.29, 1.82) is 0 Å². The summed E-state index contributed by atoms with van der Waals surface area (Å²) in [7, 11) is -3.16. The van der Waals surface area contributed by atoms with Gasteiger partial charge < -0.3 is 15.4 Å². The van der Waals surface area contributed by atoms with Crippen molar-refractivity contribution in [2.24, 2.45) is 0 Å². The van der Waals surface area contributed by atoms with E-state index in [2.05, 4.69) is 15.6 Å². The van der Waals surface area contributed by atoms with E-state index in [-0.39, 0.29) is 11.8 Å². The number of aromatic nitrogens is 1. The van der Waals surface area contributed by atoms with Crippen LogP contribution in [0.1, 0.15) is 25.7 Å². The number of hydrogen-bond acceptors (Lipinski definition) is 5. The Morgan fingerprint density at radius 3 is 2.52 bits per heavy atom. The predicted octanol–water partition coefficient (Wildman–Crippen LogP) is 1.43. The lowest BCUT2D eigenvalue weighted by Gasteiger charge is -2.25. The Morgan fingerprint density at radius 1 is 1.12 bits per heavy atom. The Labute approximate surface area is 149 Å². The molecule has 0 unspecified atom stereocenters. The first-order valence-electron chi connectivity index (χ1n) is 8.58. The normalized spacial score (nSPS) is 15.7. The van der Waals surface area contributed by atoms with Crippen LogP contribution in [0.4, 0.5) is 10.5 Å². The van der Waals surface area contributed by atoms with Gasteiger partial charge in [-0.25, -0.2) is 13.2 Å². The van der Waals surface area contributed by atoms with Gasteiger partial charge in [0, 0.05) is 37.7 Å². The maximum Gasteiger partial charge on any atom is 0.319 e. The van der Waals surface area contributed by atoms with Crippen molar-refractivity contribution in [3.63, 3.8) is 0 Å². The van der Waals surface area contributed by atoms with Crippen LogP contribution in [0.5, 0.6) is 0 Å². The zero-order valence-electron chi connectivity index (χ0n) is 14.3. The third-order valence-electron chi connectivity index (χ3n) is 3.92. The first-order valence-corrected chi connectivity index (χ1v) is 10.2. The van der Waals surface area contributed by atoms with E-state index in [1.165, 1.54) is 4.31 Å². The molecule has 9 heteroatoms. The molecule has 0 bridgehead atoms. The van der Waals surface area contributed by atoms with Crippen LogP contribution in [0, 0.1) is 0 Å². The summed E-state index contributed by atoms with van der Waals surface area (Å²) in [4.78, 5) is 15.6. The van der Waals surface area contributed by atoms with Gasteiger partial charge in [-0.3, -0.25) is 4.98 Å². The van der Waals surface area contributed by atoms with Gasteiger partial charge in [0.15, 0.2) is 0 Å². The minimum absolute atomic E-state index is 0.183. The molecular formula is C16H26N4O4S. The summed E-state index contributed by atoms with van der Waals surface area (Å²) in [5.74, 6) is 0.183. The number of amides is 2. The Hall–Kier alpha value is -1.71. The van der Waals surface area contributed by atoms with Crippen molar-refractivity contribution >= 4 is 21.7 Å². The fourth-order valence-corrected chi connectivity index (χ4v) is 4.06. The molecule has 1 fully saturated rings. The Kier molecular flexibility index (Phi) is 8.10. The van der Waals surface area contributed by atoms with Crippen molar-refractivity contribution in [2.75, 3.05) is 43.9 Å². The van der Waals surface area contributed by atoms with Crippen LogP contribution < -0.4 is 10.6 Å². The summed E-state index contributed by atoms with van der Waals surface area (Å²) in [5, 5.41) is 5.49. The van der Waals surface area contributed by atoms with Crippen LogP contribution in [0.3, 0.4) is 0 Å². The lowest BCUT2D eigenvalue weighted by molar-refractivity contribution is 0.0730. The predicted molar refractivity (Wildman–Crippen MR) is 95.9 cm³/mol. The van der Waals surface area contributed by atoms with E-state index >= 15 is 0 Å². The second-order valence-electron chi connectivity index (χ2n) is 5.86. The van der Waals surface area contributed by atoms with E-state index in [1.54, 1.807) is 24.5 Å². The number of hydrogen-bond donors (Lipinski definition) is 2. The van der Waals surface area contributed by atoms with Crippen molar-refractivity contribution < 1.29 is 17.9 Å². The number of nitrogens with one attached hydrogen (secondary N) is 2. The van der Waals surface area contributed by atoms with E-state index < -0.39 is 10.0 Å². The number of ether oxygens (including phenoxy) is 1. The van der Waals surface area contributed by atoms with Crippen molar-refractivity contribution in [3.8, 4) is 0 Å². The van der Waals surface area contributed by atoms with E-state index in [0.29, 0.717) is 45.0 Å². The summed E-state index contributed by atoms with van der Waals surface area (Å²) in [6.07, 6.45) is 6.40. The molecule has 0 saturated carbocycles. The van der Waals surface area contributed by atoms with Gasteiger partial charge >= 0.3 is 6.03 Å². The molecule has 0 radical (unpaired) electrons. The van der Waals surface area contributed by atoms with Crippen LogP contribution >= 0.6 is 0 Å². The molecule has 8 nitrogen and oxygen atoms in total. The highest BCUT2D eigenvalue weighted by Crippen LogP contribution is 2.09. The van der Waals surface area contributed by atoms with Crippen molar-refractivity contribution in [3.05, 3.63) is 24.5 Å². The highest BCUT2D eigenvalue weighted by Gasteiger charge is 2.23. The van der Waals surface area contributed by atoms with E-state index in [0.717, 1.165) is 19.3 Å². The fraction of sp³-hybridized carbons (Fsp3) is 0.625. The molecule has 1 aromatic rings. The number of urea groups is 1. The number of pyridine rings is 1. The Morgan fingerprint density at radius 2 is 1.80 bits per heavy atom. The van der Waals surface area contributed by atoms with Gasteiger partial charge in [0.2, 0.25) is 10.0 Å². The number of carbonyl (C=O) groups is 1. The standard InChI is InChI=1S/C16H26N4O4S/c21-16(19-15-5-8-17-9-6-15)18-7-3-1-2-4-14-25(22,23)20-10-12-24-13-11-20/h5-6,8-9H,1-4,7,10-14H2,(H2,17,18,19,21). The van der Waals surface area contributed by atoms with Gasteiger partial charge in [0.05, 0.1) is 19.0 Å². The monoisotopic (exact) mass is 370 g/mol. The third kappa shape index (κ3) is 7.37. The van der Waals surface area contributed by atoms with Gasteiger partial charge in [0.25, 0.3) is 0 Å². The maximum atomic E-state index is 12.1. The molecule has 1 aliphatic heterocycles. The molecule has 1 aliphatic rings. The summed E-state index contributed by atoms with van der Waals surface area (Å²) in [6.45, 7) is 2.43. The molecule has 2 amide bonds. The third-order valence-corrected chi connectivity index (χ3v) is 5.87. The number of nitrogens with zero attached hydrogens (tertiary/aromatic N) is 2. The summed E-state index contributed by atoms with van der Waals surface area (Å²) >= 11 is 0. The van der Waals surface area contributed by atoms with Crippen LogP contribution in [0.25, 0.3) is 0 Å². The fourth-order valence-electron chi connectivity index (χ4n) is 2.53. The zero-order valence-corrected chi connectivity index (χ0v) is 15.1. The molecule has 0 spiro atoms. The topological polar surface area (TPSA) is 101 Å². The number of carbonyl (C=O) groups excluding carboxylic acids is 1. The van der Waals surface area contributed by atoms with Crippen LogP contribution in [0.2, 0.25) is 0 Å². The van der Waals surface area contributed by atoms with Gasteiger partial charge in [-0.05, 0) is 25.0 Å². The Balaban J connectivity index is 1.51. The molecular weight excluding hydrogens is 344 g/mol. The quantitative estimate of drug-likeness (QED) is 0.641.